The van der Waals surface area contributed by atoms with Crippen LogP contribution in [-0.4, -0.2) is 4.57 Å². The fraction of sp³-hybridized carbons (Fsp3) is 0.188. The monoisotopic (exact) mass is 432 g/mol. The minimum Gasteiger partial charge on any atom is -1.00 e. The number of para-hydroxylation sites is 1. The van der Waals surface area contributed by atoms with Crippen molar-refractivity contribution < 1.29 is 28.5 Å². The summed E-state index contributed by atoms with van der Waals surface area (Å²) in [6.45, 7) is 5.13. The van der Waals surface area contributed by atoms with E-state index in [1.54, 1.807) is 0 Å². The summed E-state index contributed by atoms with van der Waals surface area (Å²) >= 11 is 12.4. The smallest absolute Gasteiger partial charge is 0.259 e. The molecule has 2 aromatic carbocycles. The number of imidazole rings is 1. The highest BCUT2D eigenvalue weighted by Crippen LogP contribution is 2.29. The topological polar surface area (TPSA) is 8.81 Å². The third kappa shape index (κ3) is 2.79. The van der Waals surface area contributed by atoms with E-state index in [4.69, 9.17) is 23.2 Å². The molecule has 0 atom stereocenters. The molecule has 1 aromatic heterocycles. The van der Waals surface area contributed by atoms with Gasteiger partial charge >= 0.3 is 0 Å². The standard InChI is InChI=1S/C16H15Cl2N2.HI/c1-3-19-11(2)20(12-7-5-4-6-8-12)16-10-14(18)13(17)9-15(16)19;/h4-10H,3H2,1-2H3;1H/q+1;/p-1. The first kappa shape index (κ1) is 16.6. The first-order valence-corrected chi connectivity index (χ1v) is 7.34. The third-order valence-electron chi connectivity index (χ3n) is 3.59. The molecule has 0 saturated carbocycles. The summed E-state index contributed by atoms with van der Waals surface area (Å²) in [6, 6.07) is 14.1. The molecule has 0 spiro atoms. The molecule has 0 bridgehead atoms. The zero-order chi connectivity index (χ0) is 14.3. The Morgan fingerprint density at radius 3 is 2.29 bits per heavy atom. The predicted molar refractivity (Wildman–Crippen MR) is 83.9 cm³/mol. The number of benzene rings is 2. The molecule has 0 aliphatic rings. The quantitative estimate of drug-likeness (QED) is 0.429. The first-order chi connectivity index (χ1) is 9.63. The fourth-order valence-electron chi connectivity index (χ4n) is 2.69. The lowest BCUT2D eigenvalue weighted by Crippen LogP contribution is -3.00. The average molecular weight is 433 g/mol. The van der Waals surface area contributed by atoms with E-state index < -0.39 is 0 Å². The molecule has 0 radical (unpaired) electrons. The first-order valence-electron chi connectivity index (χ1n) is 6.58. The van der Waals surface area contributed by atoms with Gasteiger partial charge in [0, 0.05) is 19.1 Å². The van der Waals surface area contributed by atoms with Crippen molar-refractivity contribution in [2.45, 2.75) is 20.4 Å². The van der Waals surface area contributed by atoms with Crippen LogP contribution in [0.2, 0.25) is 10.0 Å². The Labute approximate surface area is 151 Å². The van der Waals surface area contributed by atoms with Gasteiger partial charge in [0.2, 0.25) is 0 Å². The number of fused-ring (bicyclic) bond motifs is 1. The van der Waals surface area contributed by atoms with Crippen molar-refractivity contribution in [3.05, 3.63) is 58.3 Å². The van der Waals surface area contributed by atoms with Gasteiger partial charge in [0.25, 0.3) is 5.82 Å². The number of rotatable bonds is 2. The number of aromatic nitrogens is 2. The Morgan fingerprint density at radius 1 is 1.05 bits per heavy atom. The molecule has 0 aliphatic carbocycles. The van der Waals surface area contributed by atoms with E-state index in [0.29, 0.717) is 10.0 Å². The third-order valence-corrected chi connectivity index (χ3v) is 4.32. The van der Waals surface area contributed by atoms with Gasteiger partial charge in [0.05, 0.1) is 16.6 Å². The summed E-state index contributed by atoms with van der Waals surface area (Å²) in [4.78, 5) is 0. The molecular weight excluding hydrogens is 418 g/mol. The Kier molecular flexibility index (Phi) is 5.17. The van der Waals surface area contributed by atoms with Crippen molar-refractivity contribution in [1.82, 2.24) is 4.57 Å². The van der Waals surface area contributed by atoms with Gasteiger partial charge in [-0.15, -0.1) is 0 Å². The van der Waals surface area contributed by atoms with E-state index in [-0.39, 0.29) is 24.0 Å². The second kappa shape index (κ2) is 6.55. The van der Waals surface area contributed by atoms with E-state index in [2.05, 4.69) is 35.1 Å². The number of hydrogen-bond donors (Lipinski definition) is 0. The summed E-state index contributed by atoms with van der Waals surface area (Å²) in [7, 11) is 0. The molecule has 0 aliphatic heterocycles. The Balaban J connectivity index is 0.00000161. The van der Waals surface area contributed by atoms with Crippen LogP contribution in [0.15, 0.2) is 42.5 Å². The van der Waals surface area contributed by atoms with Gasteiger partial charge in [0.1, 0.15) is 5.69 Å². The average Bonchev–Trinajstić information content (AvgIpc) is 2.71. The van der Waals surface area contributed by atoms with Gasteiger partial charge in [-0.3, -0.25) is 0 Å². The number of nitrogens with zero attached hydrogens (tertiary/aromatic N) is 2. The summed E-state index contributed by atoms with van der Waals surface area (Å²) in [6.07, 6.45) is 0. The van der Waals surface area contributed by atoms with E-state index in [0.717, 1.165) is 29.1 Å². The zero-order valence-corrected chi connectivity index (χ0v) is 15.4. The van der Waals surface area contributed by atoms with Gasteiger partial charge in [-0.05, 0) is 19.1 Å². The summed E-state index contributed by atoms with van der Waals surface area (Å²) in [5, 5.41) is 1.17. The Hall–Kier alpha value is -0.780. The summed E-state index contributed by atoms with van der Waals surface area (Å²) in [5.41, 5.74) is 3.30. The van der Waals surface area contributed by atoms with Crippen LogP contribution in [0.4, 0.5) is 0 Å². The molecule has 3 rings (SSSR count). The van der Waals surface area contributed by atoms with Crippen LogP contribution in [0.5, 0.6) is 0 Å². The molecular formula is C16H15Cl2IN2. The lowest BCUT2D eigenvalue weighted by Gasteiger charge is -1.99. The molecule has 21 heavy (non-hydrogen) atoms. The molecule has 0 saturated heterocycles. The largest absolute Gasteiger partial charge is 1.00 e. The Bertz CT molecular complexity index is 782. The lowest BCUT2D eigenvalue weighted by atomic mass is 10.2. The normalized spacial score (nSPS) is 10.7. The second-order valence-electron chi connectivity index (χ2n) is 4.72. The summed E-state index contributed by atoms with van der Waals surface area (Å²) in [5.74, 6) is 1.16. The highest BCUT2D eigenvalue weighted by Gasteiger charge is 2.23. The molecule has 110 valence electrons. The Morgan fingerprint density at radius 2 is 1.67 bits per heavy atom. The van der Waals surface area contributed by atoms with Gasteiger partial charge in [0.15, 0.2) is 11.0 Å². The predicted octanol–water partition coefficient (Wildman–Crippen LogP) is 1.56. The number of aryl methyl sites for hydroxylation is 1. The lowest BCUT2D eigenvalue weighted by molar-refractivity contribution is -0.674. The molecule has 3 aromatic rings. The molecule has 2 nitrogen and oxygen atoms in total. The van der Waals surface area contributed by atoms with Crippen molar-refractivity contribution in [2.24, 2.45) is 0 Å². The van der Waals surface area contributed by atoms with Crippen molar-refractivity contribution in [3.8, 4) is 5.69 Å². The van der Waals surface area contributed by atoms with Gasteiger partial charge in [-0.25, -0.2) is 4.57 Å². The SMILES string of the molecule is CC[n+]1c(C)n(-c2ccccc2)c2cc(Cl)c(Cl)cc21.[I-]. The fourth-order valence-corrected chi connectivity index (χ4v) is 3.01. The van der Waals surface area contributed by atoms with Crippen LogP contribution in [0.25, 0.3) is 16.7 Å². The minimum atomic E-state index is 0. The second-order valence-corrected chi connectivity index (χ2v) is 5.53. The van der Waals surface area contributed by atoms with Crippen LogP contribution in [-0.2, 0) is 6.54 Å². The van der Waals surface area contributed by atoms with Crippen LogP contribution < -0.4 is 28.5 Å². The van der Waals surface area contributed by atoms with E-state index in [1.807, 2.05) is 30.3 Å². The minimum absolute atomic E-state index is 0. The molecule has 0 N–H and O–H groups in total. The van der Waals surface area contributed by atoms with Crippen molar-refractivity contribution in [1.29, 1.82) is 0 Å². The van der Waals surface area contributed by atoms with E-state index >= 15 is 0 Å². The van der Waals surface area contributed by atoms with Crippen molar-refractivity contribution in [3.63, 3.8) is 0 Å². The van der Waals surface area contributed by atoms with Crippen molar-refractivity contribution >= 4 is 34.2 Å². The molecule has 0 amide bonds. The maximum absolute atomic E-state index is 6.20. The van der Waals surface area contributed by atoms with Gasteiger partial charge < -0.3 is 24.0 Å². The highest BCUT2D eigenvalue weighted by atomic mass is 127. The molecule has 0 fully saturated rings. The maximum atomic E-state index is 6.20. The summed E-state index contributed by atoms with van der Waals surface area (Å²) < 4.78 is 4.45. The van der Waals surface area contributed by atoms with Crippen LogP contribution in [0, 0.1) is 6.92 Å². The van der Waals surface area contributed by atoms with Crippen LogP contribution >= 0.6 is 23.2 Å². The van der Waals surface area contributed by atoms with Gasteiger partial charge in [-0.2, -0.15) is 4.57 Å². The van der Waals surface area contributed by atoms with Crippen molar-refractivity contribution in [2.75, 3.05) is 0 Å². The molecule has 5 heteroatoms. The highest BCUT2D eigenvalue weighted by molar-refractivity contribution is 6.42. The molecule has 0 unspecified atom stereocenters. The molecule has 1 heterocycles. The van der Waals surface area contributed by atoms with Crippen LogP contribution in [0.1, 0.15) is 12.7 Å². The van der Waals surface area contributed by atoms with Crippen LogP contribution in [0.3, 0.4) is 0 Å². The number of hydrogen-bond acceptors (Lipinski definition) is 0. The maximum Gasteiger partial charge on any atom is 0.259 e. The van der Waals surface area contributed by atoms with E-state index in [9.17, 15) is 0 Å². The van der Waals surface area contributed by atoms with Gasteiger partial charge in [-0.1, -0.05) is 41.4 Å². The number of halogens is 3. The van der Waals surface area contributed by atoms with E-state index in [1.165, 1.54) is 0 Å². The zero-order valence-electron chi connectivity index (χ0n) is 11.8.